The van der Waals surface area contributed by atoms with E-state index in [0.29, 0.717) is 6.04 Å². The molecule has 20 heavy (non-hydrogen) atoms. The third-order valence-corrected chi connectivity index (χ3v) is 4.38. The minimum Gasteiger partial charge on any atom is -0.497 e. The SMILES string of the molecule is COc1cc(N)cc(CN(C)C(C)Cc2cccs2)c1. The molecule has 2 rings (SSSR count). The van der Waals surface area contributed by atoms with E-state index in [-0.39, 0.29) is 0 Å². The van der Waals surface area contributed by atoms with Crippen LogP contribution in [-0.2, 0) is 13.0 Å². The van der Waals surface area contributed by atoms with Crippen LogP contribution >= 0.6 is 11.3 Å². The second-order valence-electron chi connectivity index (χ2n) is 5.16. The lowest BCUT2D eigenvalue weighted by Crippen LogP contribution is -2.30. The second-order valence-corrected chi connectivity index (χ2v) is 6.19. The van der Waals surface area contributed by atoms with Gasteiger partial charge in [-0.1, -0.05) is 6.07 Å². The number of nitrogen functional groups attached to an aromatic ring is 1. The molecule has 1 atom stereocenters. The summed E-state index contributed by atoms with van der Waals surface area (Å²) in [6.07, 6.45) is 1.08. The molecule has 0 spiro atoms. The van der Waals surface area contributed by atoms with Crippen molar-refractivity contribution in [2.75, 3.05) is 19.9 Å². The number of nitrogens with two attached hydrogens (primary N) is 1. The number of benzene rings is 1. The summed E-state index contributed by atoms with van der Waals surface area (Å²) < 4.78 is 5.27. The van der Waals surface area contributed by atoms with Crippen LogP contribution in [0.4, 0.5) is 5.69 Å². The number of anilines is 1. The molecule has 0 saturated heterocycles. The zero-order valence-electron chi connectivity index (χ0n) is 12.3. The molecule has 1 aromatic heterocycles. The Morgan fingerprint density at radius 1 is 1.35 bits per heavy atom. The molecular weight excluding hydrogens is 268 g/mol. The zero-order chi connectivity index (χ0) is 14.5. The van der Waals surface area contributed by atoms with Gasteiger partial charge in [-0.05, 0) is 49.5 Å². The van der Waals surface area contributed by atoms with E-state index in [1.54, 1.807) is 7.11 Å². The van der Waals surface area contributed by atoms with Gasteiger partial charge in [-0.15, -0.1) is 11.3 Å². The maximum atomic E-state index is 5.90. The van der Waals surface area contributed by atoms with Gasteiger partial charge in [0.2, 0.25) is 0 Å². The molecule has 0 radical (unpaired) electrons. The highest BCUT2D eigenvalue weighted by atomic mass is 32.1. The number of rotatable bonds is 6. The van der Waals surface area contributed by atoms with Gasteiger partial charge in [-0.2, -0.15) is 0 Å². The first-order valence-corrected chi connectivity index (χ1v) is 7.62. The lowest BCUT2D eigenvalue weighted by Gasteiger charge is -2.24. The molecule has 2 N–H and O–H groups in total. The zero-order valence-corrected chi connectivity index (χ0v) is 13.1. The summed E-state index contributed by atoms with van der Waals surface area (Å²) in [7, 11) is 3.82. The lowest BCUT2D eigenvalue weighted by atomic mass is 10.1. The molecule has 0 amide bonds. The monoisotopic (exact) mass is 290 g/mol. The Bertz CT molecular complexity index is 539. The van der Waals surface area contributed by atoms with Crippen LogP contribution in [0.2, 0.25) is 0 Å². The Morgan fingerprint density at radius 3 is 2.80 bits per heavy atom. The largest absolute Gasteiger partial charge is 0.497 e. The summed E-state index contributed by atoms with van der Waals surface area (Å²) in [6.45, 7) is 3.12. The Morgan fingerprint density at radius 2 is 2.15 bits per heavy atom. The fourth-order valence-corrected chi connectivity index (χ4v) is 3.04. The van der Waals surface area contributed by atoms with Crippen LogP contribution in [0.15, 0.2) is 35.7 Å². The molecule has 1 heterocycles. The van der Waals surface area contributed by atoms with E-state index in [1.165, 1.54) is 10.4 Å². The molecule has 108 valence electrons. The molecule has 0 saturated carbocycles. The molecule has 0 aliphatic carbocycles. The van der Waals surface area contributed by atoms with Gasteiger partial charge in [0.05, 0.1) is 7.11 Å². The van der Waals surface area contributed by atoms with Gasteiger partial charge >= 0.3 is 0 Å². The molecule has 1 unspecified atom stereocenters. The molecule has 0 fully saturated rings. The average molecular weight is 290 g/mol. The predicted molar refractivity (Wildman–Crippen MR) is 86.4 cm³/mol. The number of ether oxygens (including phenoxy) is 1. The maximum Gasteiger partial charge on any atom is 0.121 e. The Hall–Kier alpha value is -1.52. The number of likely N-dealkylation sites (N-methyl/N-ethyl adjacent to an activating group) is 1. The third-order valence-electron chi connectivity index (χ3n) is 3.49. The van der Waals surface area contributed by atoms with Gasteiger partial charge < -0.3 is 10.5 Å². The van der Waals surface area contributed by atoms with E-state index in [9.17, 15) is 0 Å². The van der Waals surface area contributed by atoms with E-state index in [4.69, 9.17) is 10.5 Å². The molecule has 4 heteroatoms. The lowest BCUT2D eigenvalue weighted by molar-refractivity contribution is 0.248. The van der Waals surface area contributed by atoms with E-state index in [1.807, 2.05) is 29.5 Å². The molecule has 0 bridgehead atoms. The van der Waals surface area contributed by atoms with Gasteiger partial charge in [0.1, 0.15) is 5.75 Å². The number of methoxy groups -OCH3 is 1. The second kappa shape index (κ2) is 6.77. The number of thiophene rings is 1. The van der Waals surface area contributed by atoms with Crippen LogP contribution in [0, 0.1) is 0 Å². The minimum atomic E-state index is 0.487. The molecule has 0 aliphatic heterocycles. The van der Waals surface area contributed by atoms with E-state index in [0.717, 1.165) is 24.4 Å². The number of hydrogen-bond acceptors (Lipinski definition) is 4. The van der Waals surface area contributed by atoms with Crippen molar-refractivity contribution in [3.8, 4) is 5.75 Å². The summed E-state index contributed by atoms with van der Waals surface area (Å²) in [5.74, 6) is 0.819. The molecular formula is C16H22N2OS. The molecule has 2 aromatic rings. The standard InChI is InChI=1S/C16H22N2OS/c1-12(7-16-5-4-6-20-16)18(2)11-13-8-14(17)10-15(9-13)19-3/h4-6,8-10,12H,7,11,17H2,1-3H3. The first-order chi connectivity index (χ1) is 9.58. The van der Waals surface area contributed by atoms with E-state index < -0.39 is 0 Å². The summed E-state index contributed by atoms with van der Waals surface area (Å²) in [5.41, 5.74) is 7.83. The fourth-order valence-electron chi connectivity index (χ4n) is 2.21. The van der Waals surface area contributed by atoms with Crippen LogP contribution in [0.25, 0.3) is 0 Å². The molecule has 0 aliphatic rings. The smallest absolute Gasteiger partial charge is 0.121 e. The van der Waals surface area contributed by atoms with Crippen molar-refractivity contribution in [1.82, 2.24) is 4.90 Å². The van der Waals surface area contributed by atoms with Crippen molar-refractivity contribution in [1.29, 1.82) is 0 Å². The van der Waals surface area contributed by atoms with Crippen molar-refractivity contribution < 1.29 is 4.74 Å². The maximum absolute atomic E-state index is 5.90. The summed E-state index contributed by atoms with van der Waals surface area (Å²) in [4.78, 5) is 3.77. The summed E-state index contributed by atoms with van der Waals surface area (Å²) in [5, 5.41) is 2.13. The number of hydrogen-bond donors (Lipinski definition) is 1. The van der Waals surface area contributed by atoms with E-state index >= 15 is 0 Å². The van der Waals surface area contributed by atoms with Crippen molar-refractivity contribution in [2.45, 2.75) is 25.9 Å². The Balaban J connectivity index is 1.99. The topological polar surface area (TPSA) is 38.5 Å². The Kier molecular flexibility index (Phi) is 5.04. The van der Waals surface area contributed by atoms with Gasteiger partial charge in [0, 0.05) is 29.2 Å². The highest BCUT2D eigenvalue weighted by molar-refractivity contribution is 7.09. The minimum absolute atomic E-state index is 0.487. The predicted octanol–water partition coefficient (Wildman–Crippen LogP) is 3.40. The third kappa shape index (κ3) is 3.99. The van der Waals surface area contributed by atoms with Crippen LogP contribution in [0.5, 0.6) is 5.75 Å². The van der Waals surface area contributed by atoms with Crippen LogP contribution in [-0.4, -0.2) is 25.1 Å². The van der Waals surface area contributed by atoms with Gasteiger partial charge in [-0.3, -0.25) is 4.90 Å². The van der Waals surface area contributed by atoms with Gasteiger partial charge in [0.15, 0.2) is 0 Å². The average Bonchev–Trinajstić information content (AvgIpc) is 2.90. The van der Waals surface area contributed by atoms with Crippen molar-refractivity contribution in [2.24, 2.45) is 0 Å². The highest BCUT2D eigenvalue weighted by Crippen LogP contribution is 2.21. The quantitative estimate of drug-likeness (QED) is 0.829. The first kappa shape index (κ1) is 14.9. The van der Waals surface area contributed by atoms with Crippen LogP contribution < -0.4 is 10.5 Å². The first-order valence-electron chi connectivity index (χ1n) is 6.74. The summed E-state index contributed by atoms with van der Waals surface area (Å²) >= 11 is 1.82. The van der Waals surface area contributed by atoms with Gasteiger partial charge in [0.25, 0.3) is 0 Å². The van der Waals surface area contributed by atoms with Crippen molar-refractivity contribution in [3.05, 3.63) is 46.2 Å². The van der Waals surface area contributed by atoms with Crippen LogP contribution in [0.3, 0.4) is 0 Å². The fraction of sp³-hybridized carbons (Fsp3) is 0.375. The van der Waals surface area contributed by atoms with E-state index in [2.05, 4.69) is 36.4 Å². The highest BCUT2D eigenvalue weighted by Gasteiger charge is 2.12. The van der Waals surface area contributed by atoms with Crippen LogP contribution in [0.1, 0.15) is 17.4 Å². The Labute approximate surface area is 125 Å². The molecule has 3 nitrogen and oxygen atoms in total. The number of nitrogens with zero attached hydrogens (tertiary/aromatic N) is 1. The molecule has 1 aromatic carbocycles. The van der Waals surface area contributed by atoms with Gasteiger partial charge in [-0.25, -0.2) is 0 Å². The van der Waals surface area contributed by atoms with Crippen molar-refractivity contribution >= 4 is 17.0 Å². The normalized spacial score (nSPS) is 12.6. The van der Waals surface area contributed by atoms with Crippen molar-refractivity contribution in [3.63, 3.8) is 0 Å². The summed E-state index contributed by atoms with van der Waals surface area (Å²) in [6, 6.07) is 10.7.